The molecule has 162 valence electrons. The van der Waals surface area contributed by atoms with Gasteiger partial charge < -0.3 is 10.1 Å². The van der Waals surface area contributed by atoms with Crippen LogP contribution in [0.4, 0.5) is 4.39 Å². The number of halogens is 1. The van der Waals surface area contributed by atoms with E-state index in [1.807, 2.05) is 29.2 Å². The minimum atomic E-state index is -3.75. The van der Waals surface area contributed by atoms with Gasteiger partial charge in [0.2, 0.25) is 15.9 Å². The molecule has 1 aliphatic rings. The predicted octanol–water partition coefficient (Wildman–Crippen LogP) is 1.85. The van der Waals surface area contributed by atoms with E-state index >= 15 is 0 Å². The maximum Gasteiger partial charge on any atom is 0.243 e. The zero-order valence-corrected chi connectivity index (χ0v) is 17.9. The van der Waals surface area contributed by atoms with E-state index in [2.05, 4.69) is 5.32 Å². The Balaban J connectivity index is 1.52. The fourth-order valence-corrected chi connectivity index (χ4v) is 4.81. The summed E-state index contributed by atoms with van der Waals surface area (Å²) in [6.45, 7) is 3.54. The monoisotopic (exact) mass is 435 g/mol. The number of nitrogens with zero attached hydrogens (tertiary/aromatic N) is 2. The molecule has 0 bridgehead atoms. The maximum absolute atomic E-state index is 13.4. The van der Waals surface area contributed by atoms with Crippen LogP contribution in [0, 0.1) is 5.82 Å². The molecule has 2 aromatic carbocycles. The first-order valence-electron chi connectivity index (χ1n) is 9.71. The summed E-state index contributed by atoms with van der Waals surface area (Å²) in [5, 5.41) is 2.91. The summed E-state index contributed by atoms with van der Waals surface area (Å²) in [4.78, 5) is 14.4. The molecule has 1 fully saturated rings. The van der Waals surface area contributed by atoms with Crippen LogP contribution in [0.5, 0.6) is 5.75 Å². The van der Waals surface area contributed by atoms with E-state index in [1.165, 1.54) is 22.5 Å². The summed E-state index contributed by atoms with van der Waals surface area (Å²) in [7, 11) is -2.15. The molecule has 0 radical (unpaired) electrons. The highest BCUT2D eigenvalue weighted by Crippen LogP contribution is 2.19. The lowest BCUT2D eigenvalue weighted by Crippen LogP contribution is -2.54. The third-order valence-corrected chi connectivity index (χ3v) is 7.15. The smallest absolute Gasteiger partial charge is 0.243 e. The molecule has 1 atom stereocenters. The first-order chi connectivity index (χ1) is 14.3. The van der Waals surface area contributed by atoms with Crippen LogP contribution in [-0.4, -0.2) is 62.9 Å². The molecular weight excluding hydrogens is 409 g/mol. The van der Waals surface area contributed by atoms with Crippen LogP contribution < -0.4 is 10.1 Å². The van der Waals surface area contributed by atoms with Gasteiger partial charge >= 0.3 is 0 Å². The molecule has 0 aromatic heterocycles. The van der Waals surface area contributed by atoms with Crippen molar-refractivity contribution in [2.24, 2.45) is 0 Å². The number of methoxy groups -OCH3 is 1. The van der Waals surface area contributed by atoms with Crippen molar-refractivity contribution in [1.82, 2.24) is 14.5 Å². The van der Waals surface area contributed by atoms with E-state index < -0.39 is 15.8 Å². The van der Waals surface area contributed by atoms with Gasteiger partial charge in [-0.2, -0.15) is 4.31 Å². The van der Waals surface area contributed by atoms with Gasteiger partial charge in [-0.25, -0.2) is 12.8 Å². The van der Waals surface area contributed by atoms with Crippen LogP contribution in [0.1, 0.15) is 12.5 Å². The summed E-state index contributed by atoms with van der Waals surface area (Å²) in [6, 6.07) is 12.1. The van der Waals surface area contributed by atoms with E-state index in [1.54, 1.807) is 14.0 Å². The number of carbonyl (C=O) groups is 1. The van der Waals surface area contributed by atoms with Crippen molar-refractivity contribution < 1.29 is 22.3 Å². The average Bonchev–Trinajstić information content (AvgIpc) is 2.77. The number of hydrogen-bond donors (Lipinski definition) is 1. The lowest BCUT2D eigenvalue weighted by Gasteiger charge is -2.36. The highest BCUT2D eigenvalue weighted by molar-refractivity contribution is 7.89. The summed E-state index contributed by atoms with van der Waals surface area (Å²) >= 11 is 0. The van der Waals surface area contributed by atoms with Crippen LogP contribution >= 0.6 is 0 Å². The SMILES string of the molecule is COc1ccc(CNC(=O)[C@H](C)N2CCN(S(=O)(=O)c3cccc(F)c3)CC2)cc1. The van der Waals surface area contributed by atoms with Gasteiger partial charge in [0.1, 0.15) is 11.6 Å². The third kappa shape index (κ3) is 5.16. The molecule has 30 heavy (non-hydrogen) atoms. The van der Waals surface area contributed by atoms with Crippen LogP contribution in [0.15, 0.2) is 53.4 Å². The number of amides is 1. The van der Waals surface area contributed by atoms with Gasteiger partial charge in [-0.05, 0) is 42.8 Å². The average molecular weight is 436 g/mol. The second-order valence-corrected chi connectivity index (χ2v) is 9.08. The van der Waals surface area contributed by atoms with Gasteiger partial charge in [0.05, 0.1) is 18.0 Å². The molecule has 1 heterocycles. The lowest BCUT2D eigenvalue weighted by atomic mass is 10.2. The fraction of sp³-hybridized carbons (Fsp3) is 0.381. The van der Waals surface area contributed by atoms with E-state index in [9.17, 15) is 17.6 Å². The highest BCUT2D eigenvalue weighted by Gasteiger charge is 2.31. The first kappa shape index (κ1) is 22.2. The van der Waals surface area contributed by atoms with Gasteiger partial charge in [-0.1, -0.05) is 18.2 Å². The van der Waals surface area contributed by atoms with Crippen molar-refractivity contribution in [2.45, 2.75) is 24.4 Å². The molecule has 0 aliphatic carbocycles. The number of hydrogen-bond acceptors (Lipinski definition) is 5. The van der Waals surface area contributed by atoms with Crippen LogP contribution in [0.3, 0.4) is 0 Å². The van der Waals surface area contributed by atoms with Gasteiger partial charge in [-0.15, -0.1) is 0 Å². The van der Waals surface area contributed by atoms with Gasteiger partial charge in [0.25, 0.3) is 0 Å². The quantitative estimate of drug-likeness (QED) is 0.718. The zero-order chi connectivity index (χ0) is 21.7. The molecule has 0 saturated carbocycles. The number of benzene rings is 2. The van der Waals surface area contributed by atoms with Gasteiger partial charge in [-0.3, -0.25) is 9.69 Å². The normalized spacial score (nSPS) is 16.8. The van der Waals surface area contributed by atoms with Crippen molar-refractivity contribution >= 4 is 15.9 Å². The number of rotatable bonds is 7. The van der Waals surface area contributed by atoms with Crippen LogP contribution in [-0.2, 0) is 21.4 Å². The maximum atomic E-state index is 13.4. The second-order valence-electron chi connectivity index (χ2n) is 7.14. The molecule has 1 aliphatic heterocycles. The number of nitrogens with one attached hydrogen (secondary N) is 1. The number of ether oxygens (including phenoxy) is 1. The molecule has 2 aromatic rings. The molecule has 0 spiro atoms. The largest absolute Gasteiger partial charge is 0.497 e. The Morgan fingerprint density at radius 3 is 2.40 bits per heavy atom. The number of sulfonamides is 1. The van der Waals surface area contributed by atoms with E-state index in [-0.39, 0.29) is 29.9 Å². The Bertz CT molecular complexity index is 974. The van der Waals surface area contributed by atoms with Crippen molar-refractivity contribution in [2.75, 3.05) is 33.3 Å². The summed E-state index contributed by atoms with van der Waals surface area (Å²) < 4.78 is 45.3. The fourth-order valence-electron chi connectivity index (χ4n) is 3.35. The first-order valence-corrected chi connectivity index (χ1v) is 11.2. The molecule has 7 nitrogen and oxygen atoms in total. The van der Waals surface area contributed by atoms with Crippen molar-refractivity contribution in [3.05, 3.63) is 59.9 Å². The molecule has 3 rings (SSSR count). The number of piperazine rings is 1. The van der Waals surface area contributed by atoms with Crippen molar-refractivity contribution in [3.63, 3.8) is 0 Å². The molecule has 1 saturated heterocycles. The molecule has 9 heteroatoms. The van der Waals surface area contributed by atoms with E-state index in [4.69, 9.17) is 4.74 Å². The Kier molecular flexibility index (Phi) is 7.06. The topological polar surface area (TPSA) is 79.0 Å². The Morgan fingerprint density at radius 1 is 1.13 bits per heavy atom. The minimum absolute atomic E-state index is 0.0544. The zero-order valence-electron chi connectivity index (χ0n) is 17.0. The van der Waals surface area contributed by atoms with E-state index in [0.29, 0.717) is 19.6 Å². The van der Waals surface area contributed by atoms with Gasteiger partial charge in [0, 0.05) is 32.7 Å². The van der Waals surface area contributed by atoms with E-state index in [0.717, 1.165) is 17.4 Å². The van der Waals surface area contributed by atoms with Crippen LogP contribution in [0.25, 0.3) is 0 Å². The second kappa shape index (κ2) is 9.55. The molecule has 0 unspecified atom stereocenters. The summed E-state index contributed by atoms with van der Waals surface area (Å²) in [6.07, 6.45) is 0. The predicted molar refractivity (Wildman–Crippen MR) is 111 cm³/mol. The molecule has 1 amide bonds. The molecular formula is C21H26FN3O4S. The third-order valence-electron chi connectivity index (χ3n) is 5.26. The summed E-state index contributed by atoms with van der Waals surface area (Å²) in [5.41, 5.74) is 0.961. The minimum Gasteiger partial charge on any atom is -0.497 e. The standard InChI is InChI=1S/C21H26FN3O4S/c1-16(21(26)23-15-17-6-8-19(29-2)9-7-17)24-10-12-25(13-11-24)30(27,28)20-5-3-4-18(22)14-20/h3-9,14,16H,10-13,15H2,1-2H3,(H,23,26)/t16-/m0/s1. The van der Waals surface area contributed by atoms with Crippen LogP contribution in [0.2, 0.25) is 0 Å². The highest BCUT2D eigenvalue weighted by atomic mass is 32.2. The lowest BCUT2D eigenvalue weighted by molar-refractivity contribution is -0.126. The number of carbonyl (C=O) groups excluding carboxylic acids is 1. The Hall–Kier alpha value is -2.49. The Morgan fingerprint density at radius 2 is 1.80 bits per heavy atom. The van der Waals surface area contributed by atoms with Crippen molar-refractivity contribution in [1.29, 1.82) is 0 Å². The Labute approximate surface area is 176 Å². The molecule has 1 N–H and O–H groups in total. The van der Waals surface area contributed by atoms with Crippen molar-refractivity contribution in [3.8, 4) is 5.75 Å². The van der Waals surface area contributed by atoms with Gasteiger partial charge in [0.15, 0.2) is 0 Å². The summed E-state index contributed by atoms with van der Waals surface area (Å²) in [5.74, 6) is 0.0497.